The fraction of sp³-hybridized carbons (Fsp3) is 0.353. The van der Waals surface area contributed by atoms with Crippen LogP contribution in [0.1, 0.15) is 12.7 Å². The van der Waals surface area contributed by atoms with Crippen LogP contribution in [0.5, 0.6) is 5.75 Å². The van der Waals surface area contributed by atoms with E-state index in [9.17, 15) is 8.42 Å². The topological polar surface area (TPSA) is 92.9 Å². The molecule has 2 N–H and O–H groups in total. The second-order valence-corrected chi connectivity index (χ2v) is 7.31. The SMILES string of the molecule is CCNC(=NCc1ccco1)NCCOc1ccc(S(C)(=O)=O)cc1.I. The monoisotopic (exact) mass is 493 g/mol. The standard InChI is InChI=1S/C17H23N3O4S.HI/c1-3-18-17(20-13-15-5-4-11-23-15)19-10-12-24-14-6-8-16(9-7-14)25(2,21)22;/h4-9,11H,3,10,12-13H2,1-2H3,(H2,18,19,20);1H. The molecule has 0 saturated carbocycles. The molecule has 1 heterocycles. The quantitative estimate of drug-likeness (QED) is 0.254. The zero-order valence-electron chi connectivity index (χ0n) is 14.8. The van der Waals surface area contributed by atoms with Crippen LogP contribution in [0, 0.1) is 0 Å². The third-order valence-electron chi connectivity index (χ3n) is 3.23. The first-order valence-corrected chi connectivity index (χ1v) is 9.85. The van der Waals surface area contributed by atoms with E-state index in [1.165, 1.54) is 18.4 Å². The summed E-state index contributed by atoms with van der Waals surface area (Å²) in [4.78, 5) is 4.69. The lowest BCUT2D eigenvalue weighted by Gasteiger charge is -2.12. The van der Waals surface area contributed by atoms with Crippen molar-refractivity contribution in [3.05, 3.63) is 48.4 Å². The average Bonchev–Trinajstić information content (AvgIpc) is 3.09. The van der Waals surface area contributed by atoms with E-state index in [0.29, 0.717) is 31.4 Å². The molecule has 0 aliphatic carbocycles. The number of furan rings is 1. The summed E-state index contributed by atoms with van der Waals surface area (Å²) in [5.74, 6) is 2.08. The van der Waals surface area contributed by atoms with Crippen LogP contribution in [0.25, 0.3) is 0 Å². The third kappa shape index (κ3) is 7.65. The molecule has 1 aromatic carbocycles. The number of hydrogen-bond acceptors (Lipinski definition) is 5. The lowest BCUT2D eigenvalue weighted by atomic mass is 10.3. The predicted molar refractivity (Wildman–Crippen MR) is 112 cm³/mol. The largest absolute Gasteiger partial charge is 0.492 e. The molecule has 144 valence electrons. The van der Waals surface area contributed by atoms with Gasteiger partial charge < -0.3 is 19.8 Å². The molecule has 2 aromatic rings. The number of rotatable bonds is 8. The number of nitrogens with one attached hydrogen (secondary N) is 2. The molecule has 0 amide bonds. The van der Waals surface area contributed by atoms with Crippen molar-refractivity contribution in [2.24, 2.45) is 4.99 Å². The van der Waals surface area contributed by atoms with Gasteiger partial charge >= 0.3 is 0 Å². The number of nitrogens with zero attached hydrogens (tertiary/aromatic N) is 1. The van der Waals surface area contributed by atoms with Gasteiger partial charge in [0, 0.05) is 12.8 Å². The maximum Gasteiger partial charge on any atom is 0.191 e. The highest BCUT2D eigenvalue weighted by Gasteiger charge is 2.06. The summed E-state index contributed by atoms with van der Waals surface area (Å²) < 4.78 is 33.7. The molecule has 0 fully saturated rings. The van der Waals surface area contributed by atoms with Crippen LogP contribution in [0.3, 0.4) is 0 Å². The van der Waals surface area contributed by atoms with E-state index >= 15 is 0 Å². The summed E-state index contributed by atoms with van der Waals surface area (Å²) in [5, 5.41) is 6.31. The summed E-state index contributed by atoms with van der Waals surface area (Å²) in [6, 6.07) is 10.1. The molecule has 0 aliphatic rings. The van der Waals surface area contributed by atoms with Gasteiger partial charge in [0.25, 0.3) is 0 Å². The van der Waals surface area contributed by atoms with Crippen LogP contribution in [0.15, 0.2) is 57.0 Å². The van der Waals surface area contributed by atoms with Gasteiger partial charge in [-0.3, -0.25) is 0 Å². The third-order valence-corrected chi connectivity index (χ3v) is 4.36. The molecule has 26 heavy (non-hydrogen) atoms. The minimum Gasteiger partial charge on any atom is -0.492 e. The van der Waals surface area contributed by atoms with Crippen LogP contribution in [-0.2, 0) is 16.4 Å². The molecule has 0 radical (unpaired) electrons. The Morgan fingerprint density at radius 1 is 1.19 bits per heavy atom. The van der Waals surface area contributed by atoms with E-state index < -0.39 is 9.84 Å². The fourth-order valence-electron chi connectivity index (χ4n) is 2.02. The van der Waals surface area contributed by atoms with Gasteiger partial charge in [0.05, 0.1) is 17.7 Å². The van der Waals surface area contributed by atoms with Crippen LogP contribution >= 0.6 is 24.0 Å². The van der Waals surface area contributed by atoms with Crippen LogP contribution in [-0.4, -0.2) is 40.3 Å². The molecule has 1 aromatic heterocycles. The second-order valence-electron chi connectivity index (χ2n) is 5.29. The van der Waals surface area contributed by atoms with Crippen molar-refractivity contribution in [1.82, 2.24) is 10.6 Å². The van der Waals surface area contributed by atoms with Gasteiger partial charge in [-0.2, -0.15) is 0 Å². The van der Waals surface area contributed by atoms with Crippen LogP contribution < -0.4 is 15.4 Å². The molecular weight excluding hydrogens is 469 g/mol. The summed E-state index contributed by atoms with van der Waals surface area (Å²) >= 11 is 0. The van der Waals surface area contributed by atoms with Gasteiger partial charge in [-0.1, -0.05) is 0 Å². The van der Waals surface area contributed by atoms with Crippen LogP contribution in [0.2, 0.25) is 0 Å². The first-order valence-electron chi connectivity index (χ1n) is 7.96. The van der Waals surface area contributed by atoms with Gasteiger partial charge in [-0.15, -0.1) is 24.0 Å². The van der Waals surface area contributed by atoms with Gasteiger partial charge in [0.1, 0.15) is 24.7 Å². The van der Waals surface area contributed by atoms with Gasteiger partial charge in [-0.05, 0) is 43.3 Å². The molecule has 0 saturated heterocycles. The predicted octanol–water partition coefficient (Wildman–Crippen LogP) is 2.44. The lowest BCUT2D eigenvalue weighted by molar-refractivity contribution is 0.321. The fourth-order valence-corrected chi connectivity index (χ4v) is 2.65. The van der Waals surface area contributed by atoms with Crippen molar-refractivity contribution in [2.75, 3.05) is 26.0 Å². The van der Waals surface area contributed by atoms with E-state index in [4.69, 9.17) is 9.15 Å². The van der Waals surface area contributed by atoms with E-state index in [1.54, 1.807) is 18.4 Å². The summed E-state index contributed by atoms with van der Waals surface area (Å²) in [6.45, 7) is 4.17. The molecule has 0 unspecified atom stereocenters. The normalized spacial score (nSPS) is 11.5. The Morgan fingerprint density at radius 3 is 2.50 bits per heavy atom. The zero-order valence-corrected chi connectivity index (χ0v) is 17.9. The molecule has 0 atom stereocenters. The maximum atomic E-state index is 11.4. The highest BCUT2D eigenvalue weighted by atomic mass is 127. The van der Waals surface area contributed by atoms with E-state index in [1.807, 2.05) is 19.1 Å². The molecule has 2 rings (SSSR count). The second kappa shape index (κ2) is 11.1. The van der Waals surface area contributed by atoms with E-state index in [0.717, 1.165) is 12.3 Å². The average molecular weight is 493 g/mol. The summed E-state index contributed by atoms with van der Waals surface area (Å²) in [6.07, 6.45) is 2.80. The Bertz CT molecular complexity index is 775. The zero-order chi connectivity index (χ0) is 18.1. The van der Waals surface area contributed by atoms with Crippen molar-refractivity contribution in [3.63, 3.8) is 0 Å². The first kappa shape index (κ1) is 22.3. The van der Waals surface area contributed by atoms with Gasteiger partial charge in [0.2, 0.25) is 0 Å². The molecular formula is C17H24IN3O4S. The number of guanidine groups is 1. The van der Waals surface area contributed by atoms with Gasteiger partial charge in [0.15, 0.2) is 15.8 Å². The van der Waals surface area contributed by atoms with Crippen molar-refractivity contribution >= 4 is 39.8 Å². The van der Waals surface area contributed by atoms with Crippen molar-refractivity contribution in [3.8, 4) is 5.75 Å². The maximum absolute atomic E-state index is 11.4. The minimum atomic E-state index is -3.19. The molecule has 0 spiro atoms. The Kier molecular flexibility index (Phi) is 9.49. The number of benzene rings is 1. The Labute approximate surface area is 171 Å². The number of aliphatic imine (C=N–C) groups is 1. The minimum absolute atomic E-state index is 0. The molecule has 0 bridgehead atoms. The van der Waals surface area contributed by atoms with Crippen molar-refractivity contribution < 1.29 is 17.6 Å². The Balaban J connectivity index is 0.00000338. The highest BCUT2D eigenvalue weighted by molar-refractivity contribution is 14.0. The van der Waals surface area contributed by atoms with E-state index in [-0.39, 0.29) is 28.9 Å². The summed E-state index contributed by atoms with van der Waals surface area (Å²) in [7, 11) is -3.19. The Morgan fingerprint density at radius 2 is 1.92 bits per heavy atom. The Hall–Kier alpha value is -1.75. The lowest BCUT2D eigenvalue weighted by Crippen LogP contribution is -2.39. The number of halogens is 1. The summed E-state index contributed by atoms with van der Waals surface area (Å²) in [5.41, 5.74) is 0. The molecule has 0 aliphatic heterocycles. The van der Waals surface area contributed by atoms with E-state index in [2.05, 4.69) is 15.6 Å². The number of hydrogen-bond donors (Lipinski definition) is 2. The number of sulfone groups is 1. The van der Waals surface area contributed by atoms with Gasteiger partial charge in [-0.25, -0.2) is 13.4 Å². The van der Waals surface area contributed by atoms with Crippen molar-refractivity contribution in [2.45, 2.75) is 18.4 Å². The van der Waals surface area contributed by atoms with Crippen molar-refractivity contribution in [1.29, 1.82) is 0 Å². The highest BCUT2D eigenvalue weighted by Crippen LogP contribution is 2.15. The smallest absolute Gasteiger partial charge is 0.191 e. The number of ether oxygens (including phenoxy) is 1. The molecule has 7 nitrogen and oxygen atoms in total. The first-order chi connectivity index (χ1) is 12.0. The van der Waals surface area contributed by atoms with Crippen LogP contribution in [0.4, 0.5) is 0 Å². The molecule has 9 heteroatoms.